The van der Waals surface area contributed by atoms with Crippen LogP contribution in [-0.2, 0) is 16.2 Å². The molecule has 0 heterocycles. The summed E-state index contributed by atoms with van der Waals surface area (Å²) in [5.74, 6) is 0.128. The molecule has 3 atom stereocenters. The monoisotopic (exact) mass is 424 g/mol. The zero-order valence-corrected chi connectivity index (χ0v) is 20.0. The number of fused-ring (bicyclic) bond motifs is 4. The first kappa shape index (κ1) is 21.9. The van der Waals surface area contributed by atoms with E-state index in [-0.39, 0.29) is 45.7 Å². The van der Waals surface area contributed by atoms with Crippen LogP contribution in [0.15, 0.2) is 24.3 Å². The summed E-state index contributed by atoms with van der Waals surface area (Å²) in [6.07, 6.45) is 0.747. The normalized spacial score (nSPS) is 30.9. The van der Waals surface area contributed by atoms with E-state index in [1.807, 2.05) is 12.1 Å². The van der Waals surface area contributed by atoms with Gasteiger partial charge in [-0.1, -0.05) is 67.5 Å². The zero-order chi connectivity index (χ0) is 23.3. The molecule has 4 N–H and O–H groups in total. The van der Waals surface area contributed by atoms with Gasteiger partial charge in [-0.05, 0) is 46.9 Å². The molecule has 0 saturated carbocycles. The predicted octanol–water partition coefficient (Wildman–Crippen LogP) is 6.07. The van der Waals surface area contributed by atoms with Crippen LogP contribution < -0.4 is 0 Å². The fourth-order valence-corrected chi connectivity index (χ4v) is 7.10. The third-order valence-corrected chi connectivity index (χ3v) is 9.75. The molecule has 4 nitrogen and oxygen atoms in total. The van der Waals surface area contributed by atoms with Gasteiger partial charge < -0.3 is 20.4 Å². The van der Waals surface area contributed by atoms with Crippen LogP contribution in [-0.4, -0.2) is 20.4 Å². The molecule has 0 aliphatic heterocycles. The van der Waals surface area contributed by atoms with Crippen molar-refractivity contribution in [1.82, 2.24) is 0 Å². The molecule has 31 heavy (non-hydrogen) atoms. The number of hydrogen-bond donors (Lipinski definition) is 4. The van der Waals surface area contributed by atoms with Crippen LogP contribution in [0.25, 0.3) is 0 Å². The van der Waals surface area contributed by atoms with Gasteiger partial charge in [0.2, 0.25) is 0 Å². The van der Waals surface area contributed by atoms with Crippen LogP contribution in [0.2, 0.25) is 0 Å². The van der Waals surface area contributed by atoms with Gasteiger partial charge in [0.05, 0.1) is 0 Å². The number of hydrogen-bond acceptors (Lipinski definition) is 4. The Morgan fingerprint density at radius 2 is 1.13 bits per heavy atom. The molecule has 0 amide bonds. The van der Waals surface area contributed by atoms with E-state index in [0.717, 1.165) is 28.7 Å². The second-order valence-electron chi connectivity index (χ2n) is 11.3. The summed E-state index contributed by atoms with van der Waals surface area (Å²) in [7, 11) is 0. The summed E-state index contributed by atoms with van der Waals surface area (Å²) in [6.45, 7) is 17.5. The maximum Gasteiger partial charge on any atom is 0.161 e. The first-order valence-electron chi connectivity index (χ1n) is 11.3. The molecule has 3 unspecified atom stereocenters. The topological polar surface area (TPSA) is 80.9 Å². The Kier molecular flexibility index (Phi) is 4.31. The Morgan fingerprint density at radius 3 is 1.58 bits per heavy atom. The number of aromatic hydroxyl groups is 4. The minimum atomic E-state index is -0.494. The molecule has 2 aliphatic carbocycles. The molecule has 2 aromatic carbocycles. The van der Waals surface area contributed by atoms with E-state index in [1.54, 1.807) is 12.1 Å². The summed E-state index contributed by atoms with van der Waals surface area (Å²) < 4.78 is 0. The molecule has 0 bridgehead atoms. The summed E-state index contributed by atoms with van der Waals surface area (Å²) in [6, 6.07) is 7.09. The minimum Gasteiger partial charge on any atom is -0.504 e. The second-order valence-corrected chi connectivity index (χ2v) is 11.3. The molecule has 4 heteroatoms. The molecule has 2 aromatic rings. The van der Waals surface area contributed by atoms with E-state index in [9.17, 15) is 20.4 Å². The van der Waals surface area contributed by atoms with Gasteiger partial charge in [0.25, 0.3) is 0 Å². The lowest BCUT2D eigenvalue weighted by molar-refractivity contribution is 0.0626. The largest absolute Gasteiger partial charge is 0.504 e. The smallest absolute Gasteiger partial charge is 0.161 e. The lowest BCUT2D eigenvalue weighted by Crippen LogP contribution is -2.50. The van der Waals surface area contributed by atoms with Crippen LogP contribution in [0.1, 0.15) is 84.1 Å². The average Bonchev–Trinajstić information content (AvgIpc) is 3.04. The van der Waals surface area contributed by atoms with Crippen molar-refractivity contribution in [3.63, 3.8) is 0 Å². The van der Waals surface area contributed by atoms with Gasteiger partial charge in [0.1, 0.15) is 0 Å². The van der Waals surface area contributed by atoms with Crippen molar-refractivity contribution in [3.05, 3.63) is 46.5 Å². The third-order valence-electron chi connectivity index (χ3n) is 9.75. The van der Waals surface area contributed by atoms with E-state index >= 15 is 0 Å². The molecular weight excluding hydrogens is 388 g/mol. The number of rotatable bonds is 2. The Balaban J connectivity index is 2.22. The lowest BCUT2D eigenvalue weighted by Gasteiger charge is -2.51. The molecule has 1 spiro atoms. The molecule has 168 valence electrons. The van der Waals surface area contributed by atoms with Crippen molar-refractivity contribution in [1.29, 1.82) is 0 Å². The lowest BCUT2D eigenvalue weighted by atomic mass is 9.51. The van der Waals surface area contributed by atoms with Gasteiger partial charge >= 0.3 is 0 Å². The quantitative estimate of drug-likeness (QED) is 0.441. The summed E-state index contributed by atoms with van der Waals surface area (Å²) in [5, 5.41) is 43.0. The summed E-state index contributed by atoms with van der Waals surface area (Å²) in [5.41, 5.74) is 1.99. The van der Waals surface area contributed by atoms with Crippen molar-refractivity contribution in [2.24, 2.45) is 17.3 Å². The average molecular weight is 425 g/mol. The van der Waals surface area contributed by atoms with E-state index < -0.39 is 10.8 Å². The maximum atomic E-state index is 11.1. The highest BCUT2D eigenvalue weighted by molar-refractivity contribution is 5.70. The maximum absolute atomic E-state index is 11.1. The zero-order valence-electron chi connectivity index (χ0n) is 20.0. The molecular formula is C27H36O4. The summed E-state index contributed by atoms with van der Waals surface area (Å²) in [4.78, 5) is 0. The molecule has 0 aromatic heterocycles. The SMILES string of the molecule is CC(C)C1(C)CC2(c3ccc(O)c(O)c31)c1ccc(O)c(O)c1C(C)(C(C)C)C2(C)C. The van der Waals surface area contributed by atoms with Crippen LogP contribution in [0.4, 0.5) is 0 Å². The molecule has 4 rings (SSSR count). The van der Waals surface area contributed by atoms with Crippen molar-refractivity contribution in [2.45, 2.75) is 78.1 Å². The van der Waals surface area contributed by atoms with Crippen molar-refractivity contribution in [3.8, 4) is 23.0 Å². The van der Waals surface area contributed by atoms with Crippen molar-refractivity contribution < 1.29 is 20.4 Å². The Morgan fingerprint density at radius 1 is 0.677 bits per heavy atom. The van der Waals surface area contributed by atoms with E-state index in [1.165, 1.54) is 0 Å². The van der Waals surface area contributed by atoms with Crippen LogP contribution in [0.5, 0.6) is 23.0 Å². The molecule has 0 radical (unpaired) electrons. The van der Waals surface area contributed by atoms with Crippen LogP contribution in [0.3, 0.4) is 0 Å². The highest BCUT2D eigenvalue weighted by Gasteiger charge is 2.70. The van der Waals surface area contributed by atoms with Crippen molar-refractivity contribution in [2.75, 3.05) is 0 Å². The van der Waals surface area contributed by atoms with Gasteiger partial charge in [0.15, 0.2) is 23.0 Å². The van der Waals surface area contributed by atoms with E-state index in [4.69, 9.17) is 0 Å². The Labute approximate surface area is 185 Å². The van der Waals surface area contributed by atoms with Gasteiger partial charge in [-0.15, -0.1) is 0 Å². The highest BCUT2D eigenvalue weighted by Crippen LogP contribution is 2.75. The third kappa shape index (κ3) is 2.16. The van der Waals surface area contributed by atoms with Crippen LogP contribution >= 0.6 is 0 Å². The second kappa shape index (κ2) is 6.11. The number of benzene rings is 2. The van der Waals surface area contributed by atoms with E-state index in [0.29, 0.717) is 0 Å². The first-order valence-corrected chi connectivity index (χ1v) is 11.3. The number of phenols is 4. The fraction of sp³-hybridized carbons (Fsp3) is 0.556. The number of phenolic OH excluding ortho intramolecular Hbond substituents is 4. The van der Waals surface area contributed by atoms with Gasteiger partial charge in [-0.25, -0.2) is 0 Å². The van der Waals surface area contributed by atoms with Crippen LogP contribution in [0, 0.1) is 17.3 Å². The fourth-order valence-electron chi connectivity index (χ4n) is 7.10. The minimum absolute atomic E-state index is 0.0379. The van der Waals surface area contributed by atoms with Gasteiger partial charge in [-0.2, -0.15) is 0 Å². The molecule has 0 saturated heterocycles. The standard InChI is InChI=1S/C27H36O4/c1-14(2)25(7)13-27(16-9-11-18(28)22(30)20(16)25)17-10-12-19(29)23(31)21(17)26(8,15(3)4)24(27,5)6/h9-12,14-15,28-31H,13H2,1-8H3. The predicted molar refractivity (Wildman–Crippen MR) is 123 cm³/mol. The van der Waals surface area contributed by atoms with Crippen molar-refractivity contribution >= 4 is 0 Å². The summed E-state index contributed by atoms with van der Waals surface area (Å²) >= 11 is 0. The first-order chi connectivity index (χ1) is 14.2. The Bertz CT molecular complexity index is 1070. The molecule has 2 aliphatic rings. The molecule has 0 fully saturated rings. The Hall–Kier alpha value is -2.36. The van der Waals surface area contributed by atoms with Gasteiger partial charge in [0, 0.05) is 27.4 Å². The highest BCUT2D eigenvalue weighted by atomic mass is 16.3. The van der Waals surface area contributed by atoms with Gasteiger partial charge in [-0.3, -0.25) is 0 Å². The van der Waals surface area contributed by atoms with E-state index in [2.05, 4.69) is 55.4 Å².